The molecule has 2 heterocycles. The van der Waals surface area contributed by atoms with E-state index in [1.807, 2.05) is 109 Å². The summed E-state index contributed by atoms with van der Waals surface area (Å²) >= 11 is 1.36. The number of anilines is 1. The topological polar surface area (TPSA) is 158 Å². The van der Waals surface area contributed by atoms with Gasteiger partial charge in [-0.3, -0.25) is 4.79 Å². The second kappa shape index (κ2) is 21.4. The van der Waals surface area contributed by atoms with Gasteiger partial charge in [0.25, 0.3) is 14.2 Å². The number of amides is 2. The minimum atomic E-state index is -4.29. The van der Waals surface area contributed by atoms with Gasteiger partial charge in [0, 0.05) is 24.1 Å². The minimum Gasteiger partial charge on any atom is -0.452 e. The third-order valence-electron chi connectivity index (χ3n) is 12.6. The monoisotopic (exact) mass is 977 g/mol. The number of benzene rings is 6. The predicted octanol–water partition coefficient (Wildman–Crippen LogP) is 9.31. The number of carbonyl (C=O) groups is 2. The number of methoxy groups -OCH3 is 1. The fraction of sp³-hybridized carbons (Fsp3) is 0.222. The molecule has 0 bridgehead atoms. The Balaban J connectivity index is 1.23. The van der Waals surface area contributed by atoms with E-state index in [-0.39, 0.29) is 36.6 Å². The van der Waals surface area contributed by atoms with Crippen LogP contribution in [0.1, 0.15) is 55.4 Å². The van der Waals surface area contributed by atoms with Crippen molar-refractivity contribution in [3.63, 3.8) is 0 Å². The van der Waals surface area contributed by atoms with Crippen LogP contribution in [0.5, 0.6) is 0 Å². The number of para-hydroxylation sites is 1. The molecule has 0 radical (unpaired) electrons. The highest BCUT2D eigenvalue weighted by atomic mass is 32.2. The van der Waals surface area contributed by atoms with Crippen LogP contribution in [-0.4, -0.2) is 69.0 Å². The van der Waals surface area contributed by atoms with E-state index < -0.39 is 53.4 Å². The Morgan fingerprint density at radius 3 is 1.94 bits per heavy atom. The van der Waals surface area contributed by atoms with Crippen molar-refractivity contribution < 1.29 is 31.7 Å². The van der Waals surface area contributed by atoms with Gasteiger partial charge in [0.1, 0.15) is 6.26 Å². The average molecular weight is 978 g/mol. The number of hydrogen-bond donors (Lipinski definition) is 1. The van der Waals surface area contributed by atoms with Gasteiger partial charge in [-0.1, -0.05) is 165 Å². The number of hydrogen-bond acceptors (Lipinski definition) is 11. The lowest BCUT2D eigenvalue weighted by Gasteiger charge is -2.44. The molecule has 6 aromatic carbocycles. The molecule has 8 rings (SSSR count). The van der Waals surface area contributed by atoms with Gasteiger partial charge in [-0.25, -0.2) is 23.1 Å². The highest BCUT2D eigenvalue weighted by molar-refractivity contribution is 7.89. The summed E-state index contributed by atoms with van der Waals surface area (Å²) < 4.78 is 51.1. The summed E-state index contributed by atoms with van der Waals surface area (Å²) in [6.07, 6.45) is 2.42. The molecule has 12 nitrogen and oxygen atoms in total. The zero-order valence-corrected chi connectivity index (χ0v) is 41.6. The Kier molecular flexibility index (Phi) is 15.1. The van der Waals surface area contributed by atoms with E-state index in [1.165, 1.54) is 35.2 Å². The summed E-state index contributed by atoms with van der Waals surface area (Å²) in [5.41, 5.74) is 12.3. The predicted molar refractivity (Wildman–Crippen MR) is 274 cm³/mol. The maximum absolute atomic E-state index is 15.4. The molecule has 0 aliphatic heterocycles. The van der Waals surface area contributed by atoms with Gasteiger partial charge >= 0.3 is 6.09 Å². The fourth-order valence-electron chi connectivity index (χ4n) is 9.20. The van der Waals surface area contributed by atoms with Crippen LogP contribution in [0.25, 0.3) is 10.2 Å². The summed E-state index contributed by atoms with van der Waals surface area (Å²) in [4.78, 5) is 34.4. The Morgan fingerprint density at radius 2 is 1.38 bits per heavy atom. The van der Waals surface area contributed by atoms with Gasteiger partial charge in [-0.15, -0.1) is 11.3 Å². The van der Waals surface area contributed by atoms with E-state index in [2.05, 4.69) is 55.2 Å². The molecule has 2 amide bonds. The van der Waals surface area contributed by atoms with Gasteiger partial charge in [-0.2, -0.15) is 4.31 Å². The Bertz CT molecular complexity index is 2990. The van der Waals surface area contributed by atoms with Crippen molar-refractivity contribution in [1.29, 1.82) is 0 Å². The van der Waals surface area contributed by atoms with Gasteiger partial charge < -0.3 is 19.4 Å². The number of aromatic nitrogens is 2. The first kappa shape index (κ1) is 48.8. The molecular weight excluding hydrogens is 923 g/mol. The summed E-state index contributed by atoms with van der Waals surface area (Å²) in [7, 11) is -6.31. The highest BCUT2D eigenvalue weighted by Gasteiger charge is 2.51. The number of ether oxygens (including phenoxy) is 1. The second-order valence-corrected chi connectivity index (χ2v) is 24.9. The molecule has 0 unspecified atom stereocenters. The summed E-state index contributed by atoms with van der Waals surface area (Å²) in [5.74, 6) is -1.28. The number of nitrogens with zero attached hydrogens (tertiary/aromatic N) is 4. The van der Waals surface area contributed by atoms with E-state index >= 15 is 8.42 Å². The molecule has 69 heavy (non-hydrogen) atoms. The number of imide groups is 1. The van der Waals surface area contributed by atoms with E-state index in [1.54, 1.807) is 35.8 Å². The van der Waals surface area contributed by atoms with Crippen LogP contribution >= 0.6 is 11.3 Å². The fourth-order valence-corrected chi connectivity index (χ4v) is 16.2. The molecule has 0 aliphatic carbocycles. The largest absolute Gasteiger partial charge is 0.452 e. The van der Waals surface area contributed by atoms with Gasteiger partial charge in [0.15, 0.2) is 0 Å². The standard InChI is InChI=1S/C54H55N5O7S2Si/c1-54(2,3)69(45-24-13-7-14-25-45,46-26-15-8-16-27-46)66-37-43(58(35-39-34-57-65-36-39)68(62,63)44-31-32-47-49(33-44)67-38-56-47)30-29-40-19-17-18-28-48(40)59(53(61)64-4)52(60)51(55)50(41-20-9-5-10-21-41)42-22-11-6-12-23-42/h5-28,31-34,36,38,43,50-51H,29-30,35,37,55H2,1-4H3/t43-,51-/m0/s1. The second-order valence-electron chi connectivity index (χ2n) is 17.8. The lowest BCUT2D eigenvalue weighted by atomic mass is 9.84. The van der Waals surface area contributed by atoms with Gasteiger partial charge in [0.2, 0.25) is 10.0 Å². The summed E-state index contributed by atoms with van der Waals surface area (Å²) in [6, 6.07) is 49.2. The van der Waals surface area contributed by atoms with Crippen molar-refractivity contribution in [1.82, 2.24) is 14.4 Å². The lowest BCUT2D eigenvalue weighted by Crippen LogP contribution is -2.67. The van der Waals surface area contributed by atoms with Crippen molar-refractivity contribution >= 4 is 68.0 Å². The molecule has 0 spiro atoms. The number of thiazole rings is 1. The van der Waals surface area contributed by atoms with Crippen molar-refractivity contribution in [2.24, 2.45) is 5.73 Å². The maximum Gasteiger partial charge on any atom is 0.420 e. The van der Waals surface area contributed by atoms with E-state index in [0.717, 1.165) is 31.1 Å². The quantitative estimate of drug-likeness (QED) is 0.0822. The van der Waals surface area contributed by atoms with Crippen LogP contribution in [-0.2, 0) is 36.9 Å². The smallest absolute Gasteiger partial charge is 0.420 e. The first-order valence-corrected chi connectivity index (χ1v) is 26.9. The number of rotatable bonds is 18. The molecule has 2 atom stereocenters. The maximum atomic E-state index is 15.4. The molecule has 0 saturated carbocycles. The third kappa shape index (κ3) is 10.4. The molecule has 0 saturated heterocycles. The molecule has 2 aromatic heterocycles. The van der Waals surface area contributed by atoms with Crippen molar-refractivity contribution in [2.45, 2.75) is 68.1 Å². The van der Waals surface area contributed by atoms with Gasteiger partial charge in [0.05, 0.1) is 52.3 Å². The van der Waals surface area contributed by atoms with Crippen LogP contribution in [0.15, 0.2) is 191 Å². The first-order valence-electron chi connectivity index (χ1n) is 22.7. The van der Waals surface area contributed by atoms with Crippen LogP contribution in [0.3, 0.4) is 0 Å². The van der Waals surface area contributed by atoms with Crippen molar-refractivity contribution in [3.05, 3.63) is 204 Å². The van der Waals surface area contributed by atoms with E-state index in [4.69, 9.17) is 19.4 Å². The molecule has 0 aliphatic rings. The van der Waals surface area contributed by atoms with Crippen LogP contribution in [0.4, 0.5) is 10.5 Å². The van der Waals surface area contributed by atoms with Crippen molar-refractivity contribution in [2.75, 3.05) is 18.6 Å². The van der Waals surface area contributed by atoms with E-state index in [9.17, 15) is 9.59 Å². The highest BCUT2D eigenvalue weighted by Crippen LogP contribution is 2.38. The number of carbonyl (C=O) groups excluding carboxylic acids is 2. The third-order valence-corrected chi connectivity index (χ3v) is 20.3. The Hall–Kier alpha value is -6.59. The molecule has 354 valence electrons. The molecule has 8 aromatic rings. The summed E-state index contributed by atoms with van der Waals surface area (Å²) in [6.45, 7) is 6.39. The zero-order chi connectivity index (χ0) is 48.6. The lowest BCUT2D eigenvalue weighted by molar-refractivity contribution is -0.119. The molecule has 2 N–H and O–H groups in total. The zero-order valence-electron chi connectivity index (χ0n) is 38.9. The number of aryl methyl sites for hydroxylation is 1. The molecule has 0 fully saturated rings. The SMILES string of the molecule is COC(=O)N(C(=O)[C@@H](N)C(c1ccccc1)c1ccccc1)c1ccccc1CC[C@@H](CO[Si](c1ccccc1)(c1ccccc1)C(C)(C)C)N(Cc1cnoc1)S(=O)(=O)c1ccc2ncsc2c1. The minimum absolute atomic E-state index is 0.0247. The van der Waals surface area contributed by atoms with Crippen molar-refractivity contribution in [3.8, 4) is 0 Å². The van der Waals surface area contributed by atoms with Gasteiger partial charge in [-0.05, 0) is 69.2 Å². The normalized spacial score (nSPS) is 13.1. The molecular formula is C54H55N5O7S2Si. The summed E-state index contributed by atoms with van der Waals surface area (Å²) in [5, 5.41) is 5.57. The number of nitrogens with two attached hydrogens (primary N) is 1. The first-order chi connectivity index (χ1) is 33.3. The van der Waals surface area contributed by atoms with E-state index in [0.29, 0.717) is 16.6 Å². The number of sulfonamides is 1. The molecule has 15 heteroatoms. The average Bonchev–Trinajstić information content (AvgIpc) is 4.08. The number of fused-ring (bicyclic) bond motifs is 1. The van der Waals surface area contributed by atoms with Crippen LogP contribution in [0, 0.1) is 0 Å². The van der Waals surface area contributed by atoms with Crippen LogP contribution in [0.2, 0.25) is 5.04 Å². The Labute approximate surface area is 408 Å². The Morgan fingerprint density at radius 1 is 0.797 bits per heavy atom. The van der Waals surface area contributed by atoms with Crippen LogP contribution < -0.4 is 21.0 Å².